The molecule has 0 aromatic rings. The van der Waals surface area contributed by atoms with E-state index in [1.54, 1.807) is 0 Å². The second-order valence-electron chi connectivity index (χ2n) is 4.65. The number of thiol groups is 1. The Kier molecular flexibility index (Phi) is 13.7. The minimum Gasteiger partial charge on any atom is -0.356 e. The molecule has 0 unspecified atom stereocenters. The molecule has 0 aromatic carbocycles. The predicted molar refractivity (Wildman–Crippen MR) is 78.7 cm³/mol. The van der Waals surface area contributed by atoms with Crippen LogP contribution in [0.25, 0.3) is 0 Å². The first-order chi connectivity index (χ1) is 8.31. The average Bonchev–Trinajstić information content (AvgIpc) is 2.33. The van der Waals surface area contributed by atoms with E-state index in [2.05, 4.69) is 24.9 Å². The van der Waals surface area contributed by atoms with Crippen molar-refractivity contribution in [1.82, 2.24) is 5.32 Å². The van der Waals surface area contributed by atoms with Crippen LogP contribution in [0, 0.1) is 0 Å². The lowest BCUT2D eigenvalue weighted by Gasteiger charge is -2.05. The molecule has 0 aromatic heterocycles. The van der Waals surface area contributed by atoms with E-state index in [0.717, 1.165) is 38.0 Å². The number of rotatable bonds is 12. The predicted octanol–water partition coefficient (Wildman–Crippen LogP) is 3.95. The highest BCUT2D eigenvalue weighted by Crippen LogP contribution is 2.04. The van der Waals surface area contributed by atoms with E-state index in [1.807, 2.05) is 0 Å². The lowest BCUT2D eigenvalue weighted by atomic mass is 10.1. The monoisotopic (exact) mass is 259 g/mol. The molecule has 0 saturated heterocycles. The van der Waals surface area contributed by atoms with Crippen molar-refractivity contribution in [2.24, 2.45) is 0 Å². The van der Waals surface area contributed by atoms with Gasteiger partial charge in [0.2, 0.25) is 5.91 Å². The number of unbranched alkanes of at least 4 members (excludes halogenated alkanes) is 7. The van der Waals surface area contributed by atoms with Gasteiger partial charge in [0, 0.05) is 13.0 Å². The number of carbonyl (C=O) groups is 1. The van der Waals surface area contributed by atoms with Crippen LogP contribution in [0.15, 0.2) is 0 Å². The quantitative estimate of drug-likeness (QED) is 0.403. The average molecular weight is 259 g/mol. The van der Waals surface area contributed by atoms with Crippen molar-refractivity contribution in [3.05, 3.63) is 0 Å². The SMILES string of the molecule is CCCCCCCCNC(=O)CCCCCS. The summed E-state index contributed by atoms with van der Waals surface area (Å²) in [5.41, 5.74) is 0. The number of amides is 1. The van der Waals surface area contributed by atoms with Crippen LogP contribution < -0.4 is 5.32 Å². The van der Waals surface area contributed by atoms with Crippen LogP contribution in [0.4, 0.5) is 0 Å². The lowest BCUT2D eigenvalue weighted by Crippen LogP contribution is -2.23. The summed E-state index contributed by atoms with van der Waals surface area (Å²) in [5, 5.41) is 2.99. The highest BCUT2D eigenvalue weighted by molar-refractivity contribution is 7.80. The second-order valence-corrected chi connectivity index (χ2v) is 5.10. The molecule has 0 aliphatic rings. The normalized spacial score (nSPS) is 10.5. The van der Waals surface area contributed by atoms with Gasteiger partial charge in [-0.1, -0.05) is 45.4 Å². The molecule has 0 spiro atoms. The molecule has 0 heterocycles. The molecule has 1 amide bonds. The summed E-state index contributed by atoms with van der Waals surface area (Å²) in [7, 11) is 0. The van der Waals surface area contributed by atoms with E-state index < -0.39 is 0 Å². The van der Waals surface area contributed by atoms with E-state index in [4.69, 9.17) is 0 Å². The van der Waals surface area contributed by atoms with Crippen LogP contribution in [0.5, 0.6) is 0 Å². The summed E-state index contributed by atoms with van der Waals surface area (Å²) in [4.78, 5) is 11.4. The molecular weight excluding hydrogens is 230 g/mol. The van der Waals surface area contributed by atoms with Crippen LogP contribution in [-0.4, -0.2) is 18.2 Å². The molecule has 0 radical (unpaired) electrons. The van der Waals surface area contributed by atoms with Gasteiger partial charge in [-0.15, -0.1) is 0 Å². The highest BCUT2D eigenvalue weighted by atomic mass is 32.1. The van der Waals surface area contributed by atoms with Crippen molar-refractivity contribution in [3.63, 3.8) is 0 Å². The molecule has 3 heteroatoms. The number of carbonyl (C=O) groups excluding carboxylic acids is 1. The van der Waals surface area contributed by atoms with Crippen molar-refractivity contribution >= 4 is 18.5 Å². The minimum absolute atomic E-state index is 0.220. The number of hydrogen-bond donors (Lipinski definition) is 2. The number of hydrogen-bond acceptors (Lipinski definition) is 2. The van der Waals surface area contributed by atoms with E-state index in [9.17, 15) is 4.79 Å². The highest BCUT2D eigenvalue weighted by Gasteiger charge is 1.99. The fourth-order valence-corrected chi connectivity index (χ4v) is 2.02. The molecular formula is C14H29NOS. The molecule has 0 rings (SSSR count). The van der Waals surface area contributed by atoms with Gasteiger partial charge in [0.25, 0.3) is 0 Å². The summed E-state index contributed by atoms with van der Waals surface area (Å²) >= 11 is 4.15. The summed E-state index contributed by atoms with van der Waals surface area (Å²) in [6.45, 7) is 3.09. The Hall–Kier alpha value is -0.180. The molecule has 0 aliphatic carbocycles. The maximum atomic E-state index is 11.4. The van der Waals surface area contributed by atoms with Crippen molar-refractivity contribution < 1.29 is 4.79 Å². The largest absolute Gasteiger partial charge is 0.356 e. The molecule has 0 aliphatic heterocycles. The van der Waals surface area contributed by atoms with E-state index in [-0.39, 0.29) is 5.91 Å². The van der Waals surface area contributed by atoms with E-state index in [0.29, 0.717) is 6.42 Å². The Labute approximate surface area is 112 Å². The van der Waals surface area contributed by atoms with Crippen LogP contribution in [-0.2, 0) is 4.79 Å². The van der Waals surface area contributed by atoms with Crippen molar-refractivity contribution in [2.45, 2.75) is 71.1 Å². The third-order valence-corrected chi connectivity index (χ3v) is 3.23. The summed E-state index contributed by atoms with van der Waals surface area (Å²) in [5.74, 6) is 1.15. The first-order valence-electron chi connectivity index (χ1n) is 7.18. The van der Waals surface area contributed by atoms with Gasteiger partial charge in [-0.3, -0.25) is 4.79 Å². The van der Waals surface area contributed by atoms with Gasteiger partial charge in [-0.05, 0) is 25.0 Å². The Morgan fingerprint density at radius 2 is 1.59 bits per heavy atom. The molecule has 1 N–H and O–H groups in total. The van der Waals surface area contributed by atoms with E-state index >= 15 is 0 Å². The fraction of sp³-hybridized carbons (Fsp3) is 0.929. The third kappa shape index (κ3) is 13.8. The zero-order valence-electron chi connectivity index (χ0n) is 11.3. The molecule has 102 valence electrons. The van der Waals surface area contributed by atoms with Gasteiger partial charge in [-0.25, -0.2) is 0 Å². The Balaban J connectivity index is 3.11. The Bertz CT molecular complexity index is 174. The zero-order chi connectivity index (χ0) is 12.8. The van der Waals surface area contributed by atoms with E-state index in [1.165, 1.54) is 32.1 Å². The van der Waals surface area contributed by atoms with Crippen LogP contribution in [0.1, 0.15) is 71.1 Å². The first kappa shape index (κ1) is 16.8. The standard InChI is InChI=1S/C14H29NOS/c1-2-3-4-5-6-9-12-15-14(16)11-8-7-10-13-17/h17H,2-13H2,1H3,(H,15,16). The van der Waals surface area contributed by atoms with Gasteiger partial charge in [-0.2, -0.15) is 12.6 Å². The molecule has 17 heavy (non-hydrogen) atoms. The third-order valence-electron chi connectivity index (χ3n) is 2.91. The summed E-state index contributed by atoms with van der Waals surface area (Å²) in [6, 6.07) is 0. The molecule has 2 nitrogen and oxygen atoms in total. The van der Waals surface area contributed by atoms with Gasteiger partial charge in [0.1, 0.15) is 0 Å². The summed E-state index contributed by atoms with van der Waals surface area (Å²) < 4.78 is 0. The first-order valence-corrected chi connectivity index (χ1v) is 7.82. The molecule has 0 fully saturated rings. The minimum atomic E-state index is 0.220. The van der Waals surface area contributed by atoms with Crippen molar-refractivity contribution in [1.29, 1.82) is 0 Å². The second kappa shape index (κ2) is 13.9. The van der Waals surface area contributed by atoms with Crippen molar-refractivity contribution in [3.8, 4) is 0 Å². The maximum absolute atomic E-state index is 11.4. The lowest BCUT2D eigenvalue weighted by molar-refractivity contribution is -0.121. The molecule has 0 atom stereocenters. The smallest absolute Gasteiger partial charge is 0.219 e. The molecule has 0 saturated carbocycles. The van der Waals surface area contributed by atoms with Gasteiger partial charge >= 0.3 is 0 Å². The Morgan fingerprint density at radius 3 is 2.29 bits per heavy atom. The topological polar surface area (TPSA) is 29.1 Å². The zero-order valence-corrected chi connectivity index (χ0v) is 12.2. The van der Waals surface area contributed by atoms with Crippen LogP contribution >= 0.6 is 12.6 Å². The fourth-order valence-electron chi connectivity index (χ4n) is 1.80. The summed E-state index contributed by atoms with van der Waals surface area (Å²) in [6.07, 6.45) is 11.6. The van der Waals surface area contributed by atoms with Crippen LogP contribution in [0.3, 0.4) is 0 Å². The number of nitrogens with one attached hydrogen (secondary N) is 1. The van der Waals surface area contributed by atoms with Gasteiger partial charge in [0.15, 0.2) is 0 Å². The van der Waals surface area contributed by atoms with Gasteiger partial charge in [0.05, 0.1) is 0 Å². The Morgan fingerprint density at radius 1 is 0.941 bits per heavy atom. The van der Waals surface area contributed by atoms with Crippen LogP contribution in [0.2, 0.25) is 0 Å². The van der Waals surface area contributed by atoms with Gasteiger partial charge < -0.3 is 5.32 Å². The van der Waals surface area contributed by atoms with Crippen molar-refractivity contribution in [2.75, 3.05) is 12.3 Å². The maximum Gasteiger partial charge on any atom is 0.219 e. The molecule has 0 bridgehead atoms.